The molecule has 0 saturated heterocycles. The molecule has 2 aromatic rings. The highest BCUT2D eigenvalue weighted by molar-refractivity contribution is 5.86. The Morgan fingerprint density at radius 2 is 1.92 bits per heavy atom. The standard InChI is InChI=1S/C16H20N4O4/c1-9(17-11(3)21)15(22)18-10(2)16-19-14(20-24-16)12-7-5-6-8-13(12)23-4/h5-10H,1-4H3,(H,17,21)(H,18,22)/t9-,10+/m0/s1. The van der Waals surface area contributed by atoms with Crippen molar-refractivity contribution >= 4 is 11.8 Å². The number of methoxy groups -OCH3 is 1. The molecule has 0 unspecified atom stereocenters. The van der Waals surface area contributed by atoms with Crippen LogP contribution in [-0.4, -0.2) is 35.1 Å². The number of nitrogens with one attached hydrogen (secondary N) is 2. The molecule has 0 fully saturated rings. The number of carbonyl (C=O) groups is 2. The van der Waals surface area contributed by atoms with E-state index in [1.807, 2.05) is 18.2 Å². The monoisotopic (exact) mass is 332 g/mol. The molecule has 8 heteroatoms. The number of para-hydroxylation sites is 1. The molecule has 8 nitrogen and oxygen atoms in total. The van der Waals surface area contributed by atoms with Gasteiger partial charge in [-0.15, -0.1) is 0 Å². The molecular formula is C16H20N4O4. The van der Waals surface area contributed by atoms with Crippen LogP contribution in [0.3, 0.4) is 0 Å². The lowest BCUT2D eigenvalue weighted by Crippen LogP contribution is -2.44. The Balaban J connectivity index is 2.10. The molecular weight excluding hydrogens is 312 g/mol. The van der Waals surface area contributed by atoms with Gasteiger partial charge in [0.25, 0.3) is 0 Å². The first-order chi connectivity index (χ1) is 11.4. The third kappa shape index (κ3) is 4.09. The molecule has 2 atom stereocenters. The molecule has 128 valence electrons. The van der Waals surface area contributed by atoms with E-state index >= 15 is 0 Å². The molecule has 0 saturated carbocycles. The lowest BCUT2D eigenvalue weighted by atomic mass is 10.2. The summed E-state index contributed by atoms with van der Waals surface area (Å²) < 4.78 is 10.5. The van der Waals surface area contributed by atoms with Crippen LogP contribution in [0.25, 0.3) is 11.4 Å². The van der Waals surface area contributed by atoms with Crippen molar-refractivity contribution in [2.75, 3.05) is 7.11 Å². The van der Waals surface area contributed by atoms with E-state index in [-0.39, 0.29) is 17.7 Å². The Morgan fingerprint density at radius 3 is 2.58 bits per heavy atom. The van der Waals surface area contributed by atoms with Crippen molar-refractivity contribution in [3.63, 3.8) is 0 Å². The van der Waals surface area contributed by atoms with Gasteiger partial charge in [0, 0.05) is 6.92 Å². The molecule has 0 radical (unpaired) electrons. The molecule has 2 N–H and O–H groups in total. The summed E-state index contributed by atoms with van der Waals surface area (Å²) in [4.78, 5) is 27.3. The maximum absolute atomic E-state index is 12.0. The lowest BCUT2D eigenvalue weighted by Gasteiger charge is -2.15. The van der Waals surface area contributed by atoms with Crippen molar-refractivity contribution in [3.8, 4) is 17.1 Å². The fourth-order valence-electron chi connectivity index (χ4n) is 2.12. The molecule has 2 rings (SSSR count). The summed E-state index contributed by atoms with van der Waals surface area (Å²) in [7, 11) is 1.56. The van der Waals surface area contributed by atoms with E-state index in [2.05, 4.69) is 20.8 Å². The molecule has 1 aromatic heterocycles. The molecule has 2 amide bonds. The number of aromatic nitrogens is 2. The summed E-state index contributed by atoms with van der Waals surface area (Å²) in [5, 5.41) is 9.15. The van der Waals surface area contributed by atoms with Gasteiger partial charge in [0.2, 0.25) is 23.5 Å². The van der Waals surface area contributed by atoms with Gasteiger partial charge in [-0.05, 0) is 26.0 Å². The van der Waals surface area contributed by atoms with Crippen molar-refractivity contribution in [1.82, 2.24) is 20.8 Å². The van der Waals surface area contributed by atoms with Crippen molar-refractivity contribution in [3.05, 3.63) is 30.2 Å². The Labute approximate surface area is 139 Å². The van der Waals surface area contributed by atoms with Crippen LogP contribution in [-0.2, 0) is 9.59 Å². The summed E-state index contributed by atoms with van der Waals surface area (Å²) in [5.74, 6) is 0.648. The molecule has 1 aromatic carbocycles. The van der Waals surface area contributed by atoms with E-state index in [1.165, 1.54) is 6.92 Å². The lowest BCUT2D eigenvalue weighted by molar-refractivity contribution is -0.128. The highest BCUT2D eigenvalue weighted by Crippen LogP contribution is 2.27. The van der Waals surface area contributed by atoms with Crippen LogP contribution < -0.4 is 15.4 Å². The number of benzene rings is 1. The molecule has 0 bridgehead atoms. The molecule has 24 heavy (non-hydrogen) atoms. The summed E-state index contributed by atoms with van der Waals surface area (Å²) in [6, 6.07) is 6.15. The van der Waals surface area contributed by atoms with E-state index in [0.29, 0.717) is 17.1 Å². The number of rotatable bonds is 6. The average Bonchev–Trinajstić information content (AvgIpc) is 3.04. The molecule has 0 aliphatic heterocycles. The maximum atomic E-state index is 12.0. The number of ether oxygens (including phenoxy) is 1. The van der Waals surface area contributed by atoms with Crippen LogP contribution in [0.1, 0.15) is 32.7 Å². The average molecular weight is 332 g/mol. The number of hydrogen-bond acceptors (Lipinski definition) is 6. The van der Waals surface area contributed by atoms with Crippen LogP contribution in [0, 0.1) is 0 Å². The quantitative estimate of drug-likeness (QED) is 0.829. The topological polar surface area (TPSA) is 106 Å². The summed E-state index contributed by atoms with van der Waals surface area (Å²) in [6.45, 7) is 4.67. The fourth-order valence-corrected chi connectivity index (χ4v) is 2.12. The highest BCUT2D eigenvalue weighted by Gasteiger charge is 2.21. The second-order valence-electron chi connectivity index (χ2n) is 5.31. The first kappa shape index (κ1) is 17.5. The third-order valence-corrected chi connectivity index (χ3v) is 3.33. The van der Waals surface area contributed by atoms with Crippen LogP contribution >= 0.6 is 0 Å². The normalized spacial score (nSPS) is 13.0. The minimum Gasteiger partial charge on any atom is -0.496 e. The third-order valence-electron chi connectivity index (χ3n) is 3.33. The minimum absolute atomic E-state index is 0.263. The predicted molar refractivity (Wildman–Crippen MR) is 86.1 cm³/mol. The van der Waals surface area contributed by atoms with Gasteiger partial charge in [0.05, 0.1) is 12.7 Å². The van der Waals surface area contributed by atoms with Crippen LogP contribution in [0.2, 0.25) is 0 Å². The molecule has 0 aliphatic rings. The van der Waals surface area contributed by atoms with Crippen LogP contribution in [0.4, 0.5) is 0 Å². The van der Waals surface area contributed by atoms with Crippen LogP contribution in [0.5, 0.6) is 5.75 Å². The van der Waals surface area contributed by atoms with Gasteiger partial charge in [-0.25, -0.2) is 0 Å². The van der Waals surface area contributed by atoms with E-state index in [0.717, 1.165) is 0 Å². The highest BCUT2D eigenvalue weighted by atomic mass is 16.5. The SMILES string of the molecule is COc1ccccc1-c1noc([C@@H](C)NC(=O)[C@H](C)NC(C)=O)n1. The largest absolute Gasteiger partial charge is 0.496 e. The smallest absolute Gasteiger partial charge is 0.249 e. The first-order valence-corrected chi connectivity index (χ1v) is 7.46. The van der Waals surface area contributed by atoms with Gasteiger partial charge in [0.15, 0.2) is 0 Å². The van der Waals surface area contributed by atoms with Gasteiger partial charge < -0.3 is 19.9 Å². The number of hydrogen-bond donors (Lipinski definition) is 2. The van der Waals surface area contributed by atoms with E-state index < -0.39 is 12.1 Å². The molecule has 0 aliphatic carbocycles. The molecule has 0 spiro atoms. The van der Waals surface area contributed by atoms with Crippen molar-refractivity contribution in [2.24, 2.45) is 0 Å². The zero-order valence-electron chi connectivity index (χ0n) is 14.0. The Hall–Kier alpha value is -2.90. The van der Waals surface area contributed by atoms with E-state index in [4.69, 9.17) is 9.26 Å². The molecule has 1 heterocycles. The Kier molecular flexibility index (Phi) is 5.51. The zero-order chi connectivity index (χ0) is 17.7. The van der Waals surface area contributed by atoms with Crippen molar-refractivity contribution in [2.45, 2.75) is 32.9 Å². The predicted octanol–water partition coefficient (Wildman–Crippen LogP) is 1.45. The second-order valence-corrected chi connectivity index (χ2v) is 5.31. The number of nitrogens with zero attached hydrogens (tertiary/aromatic N) is 2. The van der Waals surface area contributed by atoms with Crippen molar-refractivity contribution in [1.29, 1.82) is 0 Å². The van der Waals surface area contributed by atoms with Gasteiger partial charge >= 0.3 is 0 Å². The first-order valence-electron chi connectivity index (χ1n) is 7.46. The summed E-state index contributed by atoms with van der Waals surface area (Å²) in [6.07, 6.45) is 0. The zero-order valence-corrected chi connectivity index (χ0v) is 14.0. The van der Waals surface area contributed by atoms with Crippen molar-refractivity contribution < 1.29 is 18.8 Å². The van der Waals surface area contributed by atoms with Gasteiger partial charge in [0.1, 0.15) is 17.8 Å². The summed E-state index contributed by atoms with van der Waals surface area (Å²) >= 11 is 0. The Bertz CT molecular complexity index is 728. The van der Waals surface area contributed by atoms with Gasteiger partial charge in [-0.3, -0.25) is 9.59 Å². The van der Waals surface area contributed by atoms with E-state index in [9.17, 15) is 9.59 Å². The van der Waals surface area contributed by atoms with Gasteiger partial charge in [-0.2, -0.15) is 4.98 Å². The number of carbonyl (C=O) groups excluding carboxylic acids is 2. The maximum Gasteiger partial charge on any atom is 0.249 e. The summed E-state index contributed by atoms with van der Waals surface area (Å²) in [5.41, 5.74) is 0.695. The Morgan fingerprint density at radius 1 is 1.21 bits per heavy atom. The van der Waals surface area contributed by atoms with E-state index in [1.54, 1.807) is 27.0 Å². The fraction of sp³-hybridized carbons (Fsp3) is 0.375. The van der Waals surface area contributed by atoms with Crippen LogP contribution in [0.15, 0.2) is 28.8 Å². The second kappa shape index (κ2) is 7.58. The number of amides is 2. The van der Waals surface area contributed by atoms with Gasteiger partial charge in [-0.1, -0.05) is 17.3 Å². The minimum atomic E-state index is -0.651.